The van der Waals surface area contributed by atoms with Crippen LogP contribution in [0, 0.1) is 11.8 Å². The number of aliphatic hydroxyl groups is 1. The summed E-state index contributed by atoms with van der Waals surface area (Å²) in [6.07, 6.45) is 4.81. The van der Waals surface area contributed by atoms with Gasteiger partial charge in [-0.2, -0.15) is 4.98 Å². The molecule has 20 heavy (non-hydrogen) atoms. The van der Waals surface area contributed by atoms with Gasteiger partial charge in [0.25, 0.3) is 0 Å². The van der Waals surface area contributed by atoms with Crippen LogP contribution in [-0.4, -0.2) is 40.8 Å². The molecule has 0 radical (unpaired) electrons. The van der Waals surface area contributed by atoms with Gasteiger partial charge < -0.3 is 15.3 Å². The third-order valence-electron chi connectivity index (χ3n) is 4.38. The van der Waals surface area contributed by atoms with Crippen LogP contribution in [0.5, 0.6) is 0 Å². The second-order valence-corrected chi connectivity index (χ2v) is 6.62. The van der Waals surface area contributed by atoms with Gasteiger partial charge in [0.2, 0.25) is 5.95 Å². The number of aliphatic hydroxyl groups excluding tert-OH is 1. The Labute approximate surface area is 127 Å². The highest BCUT2D eigenvalue weighted by atomic mass is 79.9. The maximum Gasteiger partial charge on any atom is 0.224 e. The Morgan fingerprint density at radius 2 is 2.30 bits per heavy atom. The fourth-order valence-electron chi connectivity index (χ4n) is 3.31. The second-order valence-electron chi connectivity index (χ2n) is 5.77. The van der Waals surface area contributed by atoms with Gasteiger partial charge in [0.15, 0.2) is 0 Å². The van der Waals surface area contributed by atoms with Gasteiger partial charge in [-0.3, -0.25) is 0 Å². The van der Waals surface area contributed by atoms with Crippen molar-refractivity contribution in [1.82, 2.24) is 9.97 Å². The van der Waals surface area contributed by atoms with Crippen molar-refractivity contribution in [1.29, 1.82) is 0 Å². The molecule has 2 fully saturated rings. The van der Waals surface area contributed by atoms with Crippen LogP contribution in [0.3, 0.4) is 0 Å². The van der Waals surface area contributed by atoms with E-state index in [1.165, 1.54) is 0 Å². The van der Waals surface area contributed by atoms with Gasteiger partial charge in [0, 0.05) is 31.7 Å². The number of rotatable bonds is 4. The molecule has 3 unspecified atom stereocenters. The zero-order valence-corrected chi connectivity index (χ0v) is 13.3. The lowest BCUT2D eigenvalue weighted by molar-refractivity contribution is 0.133. The van der Waals surface area contributed by atoms with E-state index in [0.29, 0.717) is 17.8 Å². The van der Waals surface area contributed by atoms with Gasteiger partial charge >= 0.3 is 0 Å². The molecule has 0 spiro atoms. The number of fused-ring (bicyclic) bond motifs is 1. The highest BCUT2D eigenvalue weighted by Gasteiger charge is 2.42. The molecule has 3 atom stereocenters. The van der Waals surface area contributed by atoms with Crippen molar-refractivity contribution in [3.8, 4) is 0 Å². The number of aromatic nitrogens is 2. The number of anilines is 2. The van der Waals surface area contributed by atoms with Crippen molar-refractivity contribution >= 4 is 27.7 Å². The maximum absolute atomic E-state index is 10.0. The van der Waals surface area contributed by atoms with Crippen molar-refractivity contribution in [3.05, 3.63) is 10.7 Å². The van der Waals surface area contributed by atoms with Crippen LogP contribution >= 0.6 is 15.9 Å². The molecular formula is C14H21BrN4O. The maximum atomic E-state index is 10.0. The first-order valence-electron chi connectivity index (χ1n) is 7.38. The van der Waals surface area contributed by atoms with Gasteiger partial charge in [0.05, 0.1) is 10.6 Å². The third-order valence-corrected chi connectivity index (χ3v) is 4.94. The van der Waals surface area contributed by atoms with E-state index < -0.39 is 0 Å². The summed E-state index contributed by atoms with van der Waals surface area (Å²) in [5.74, 6) is 2.64. The molecule has 1 aliphatic carbocycles. The minimum absolute atomic E-state index is 0.136. The summed E-state index contributed by atoms with van der Waals surface area (Å²) in [7, 11) is 0. The monoisotopic (exact) mass is 340 g/mol. The first-order chi connectivity index (χ1) is 9.69. The van der Waals surface area contributed by atoms with E-state index in [-0.39, 0.29) is 6.10 Å². The first kappa shape index (κ1) is 14.1. The summed E-state index contributed by atoms with van der Waals surface area (Å²) in [5, 5.41) is 13.2. The van der Waals surface area contributed by atoms with E-state index in [1.807, 2.05) is 6.20 Å². The predicted octanol–water partition coefficient (Wildman–Crippen LogP) is 2.27. The molecule has 3 rings (SSSR count). The molecule has 5 nitrogen and oxygen atoms in total. The lowest BCUT2D eigenvalue weighted by Gasteiger charge is -2.21. The molecule has 2 aliphatic rings. The number of nitrogens with zero attached hydrogens (tertiary/aromatic N) is 3. The fraction of sp³-hybridized carbons (Fsp3) is 0.714. The average Bonchev–Trinajstić information content (AvgIpc) is 3.00. The van der Waals surface area contributed by atoms with Crippen molar-refractivity contribution in [3.63, 3.8) is 0 Å². The molecule has 1 aromatic heterocycles. The van der Waals surface area contributed by atoms with E-state index in [4.69, 9.17) is 0 Å². The van der Waals surface area contributed by atoms with E-state index in [1.54, 1.807) is 0 Å². The number of nitrogens with one attached hydrogen (secondary N) is 1. The van der Waals surface area contributed by atoms with Crippen molar-refractivity contribution < 1.29 is 5.11 Å². The van der Waals surface area contributed by atoms with Crippen LogP contribution in [0.15, 0.2) is 10.7 Å². The Morgan fingerprint density at radius 1 is 1.45 bits per heavy atom. The summed E-state index contributed by atoms with van der Waals surface area (Å²) in [4.78, 5) is 11.2. The molecule has 2 N–H and O–H groups in total. The normalized spacial score (nSPS) is 28.8. The molecule has 1 aromatic rings. The van der Waals surface area contributed by atoms with E-state index in [2.05, 4.69) is 43.0 Å². The van der Waals surface area contributed by atoms with Crippen LogP contribution in [0.25, 0.3) is 0 Å². The Kier molecular flexibility index (Phi) is 4.12. The molecule has 0 bridgehead atoms. The van der Waals surface area contributed by atoms with Crippen LogP contribution in [0.2, 0.25) is 0 Å². The van der Waals surface area contributed by atoms with Gasteiger partial charge in [-0.15, -0.1) is 0 Å². The Bertz CT molecular complexity index is 484. The fourth-order valence-corrected chi connectivity index (χ4v) is 3.75. The van der Waals surface area contributed by atoms with Crippen molar-refractivity contribution in [2.24, 2.45) is 11.8 Å². The molecule has 1 saturated carbocycles. The second kappa shape index (κ2) is 5.85. The molecule has 2 heterocycles. The molecule has 1 aliphatic heterocycles. The summed E-state index contributed by atoms with van der Waals surface area (Å²) >= 11 is 3.55. The van der Waals surface area contributed by atoms with Crippen LogP contribution < -0.4 is 10.2 Å². The summed E-state index contributed by atoms with van der Waals surface area (Å²) in [6.45, 7) is 4.89. The highest BCUT2D eigenvalue weighted by molar-refractivity contribution is 9.10. The van der Waals surface area contributed by atoms with E-state index in [0.717, 1.165) is 49.2 Å². The third kappa shape index (κ3) is 2.63. The SMILES string of the molecule is CCCNc1ncc(Br)c(N2CC3CCC(O)C3C2)n1. The minimum Gasteiger partial charge on any atom is -0.393 e. The first-order valence-corrected chi connectivity index (χ1v) is 8.17. The summed E-state index contributed by atoms with van der Waals surface area (Å²) < 4.78 is 0.925. The molecule has 6 heteroatoms. The lowest BCUT2D eigenvalue weighted by atomic mass is 10.00. The van der Waals surface area contributed by atoms with Gasteiger partial charge in [-0.25, -0.2) is 4.98 Å². The largest absolute Gasteiger partial charge is 0.393 e. The molecule has 0 aromatic carbocycles. The lowest BCUT2D eigenvalue weighted by Crippen LogP contribution is -2.26. The Balaban J connectivity index is 1.76. The van der Waals surface area contributed by atoms with Crippen LogP contribution in [-0.2, 0) is 0 Å². The summed E-state index contributed by atoms with van der Waals surface area (Å²) in [6, 6.07) is 0. The smallest absolute Gasteiger partial charge is 0.224 e. The minimum atomic E-state index is -0.136. The highest BCUT2D eigenvalue weighted by Crippen LogP contribution is 2.40. The van der Waals surface area contributed by atoms with E-state index >= 15 is 0 Å². The van der Waals surface area contributed by atoms with Crippen LogP contribution in [0.1, 0.15) is 26.2 Å². The molecule has 0 amide bonds. The zero-order chi connectivity index (χ0) is 14.1. The quantitative estimate of drug-likeness (QED) is 0.880. The Hall–Kier alpha value is -0.880. The topological polar surface area (TPSA) is 61.3 Å². The van der Waals surface area contributed by atoms with Crippen molar-refractivity contribution in [2.45, 2.75) is 32.3 Å². The Morgan fingerprint density at radius 3 is 3.05 bits per heavy atom. The molecule has 110 valence electrons. The number of hydrogen-bond acceptors (Lipinski definition) is 5. The van der Waals surface area contributed by atoms with Gasteiger partial charge in [-0.1, -0.05) is 6.92 Å². The van der Waals surface area contributed by atoms with Crippen LogP contribution in [0.4, 0.5) is 11.8 Å². The molecule has 1 saturated heterocycles. The predicted molar refractivity (Wildman–Crippen MR) is 82.9 cm³/mol. The zero-order valence-electron chi connectivity index (χ0n) is 11.7. The number of halogens is 1. The van der Waals surface area contributed by atoms with E-state index in [9.17, 15) is 5.11 Å². The van der Waals surface area contributed by atoms with Gasteiger partial charge in [-0.05, 0) is 41.1 Å². The number of hydrogen-bond donors (Lipinski definition) is 2. The molecular weight excluding hydrogens is 320 g/mol. The van der Waals surface area contributed by atoms with Crippen molar-refractivity contribution in [2.75, 3.05) is 29.9 Å². The standard InChI is InChI=1S/C14H21BrN4O/c1-2-5-16-14-17-6-11(15)13(18-14)19-7-9-3-4-12(20)10(9)8-19/h6,9-10,12,20H,2-5,7-8H2,1H3,(H,16,17,18). The van der Waals surface area contributed by atoms with Gasteiger partial charge in [0.1, 0.15) is 5.82 Å². The average molecular weight is 341 g/mol. The summed E-state index contributed by atoms with van der Waals surface area (Å²) in [5.41, 5.74) is 0.